The molecule has 9 N–H and O–H groups in total. The molecule has 7 rings (SSSR count). The SMILES string of the molecule is CCN(C)C(=O)c1cccc(C(O)(O)N2CC(n3ncc4c3CN(C)c3c(NC(/C=C(\N)NC(=O)C5CC5)=C(/N)C(=O)NC5CC5)cccc3-4)C2)n1. The van der Waals surface area contributed by atoms with Gasteiger partial charge in [-0.3, -0.25) is 19.1 Å². The summed E-state index contributed by atoms with van der Waals surface area (Å²) >= 11 is 0. The second-order valence-corrected chi connectivity index (χ2v) is 14.0. The second kappa shape index (κ2) is 13.6. The lowest BCUT2D eigenvalue weighted by atomic mass is 9.97. The van der Waals surface area contributed by atoms with Crippen LogP contribution in [0.4, 0.5) is 11.4 Å². The number of fused-ring (bicyclic) bond motifs is 3. The van der Waals surface area contributed by atoms with Crippen LogP contribution in [0, 0.1) is 5.92 Å². The van der Waals surface area contributed by atoms with Crippen molar-refractivity contribution in [3.05, 3.63) is 83.0 Å². The predicted octanol–water partition coefficient (Wildman–Crippen LogP) is 0.826. The minimum Gasteiger partial charge on any atom is -0.393 e. The number of hydrogen-bond acceptors (Lipinski definition) is 12. The van der Waals surface area contributed by atoms with Gasteiger partial charge in [0.1, 0.15) is 22.9 Å². The Morgan fingerprint density at radius 1 is 1.06 bits per heavy atom. The summed E-state index contributed by atoms with van der Waals surface area (Å²) in [5, 5.41) is 36.0. The fourth-order valence-corrected chi connectivity index (χ4v) is 6.49. The monoisotopic (exact) mass is 711 g/mol. The zero-order chi connectivity index (χ0) is 36.9. The Hall–Kier alpha value is -5.45. The van der Waals surface area contributed by atoms with E-state index < -0.39 is 11.8 Å². The second-order valence-electron chi connectivity index (χ2n) is 14.0. The van der Waals surface area contributed by atoms with Crippen LogP contribution in [0.25, 0.3) is 11.1 Å². The van der Waals surface area contributed by atoms with Gasteiger partial charge < -0.3 is 47.4 Å². The van der Waals surface area contributed by atoms with Crippen LogP contribution in [0.1, 0.15) is 60.5 Å². The summed E-state index contributed by atoms with van der Waals surface area (Å²) in [5.41, 5.74) is 17.2. The van der Waals surface area contributed by atoms with Crippen molar-refractivity contribution in [1.82, 2.24) is 35.2 Å². The highest BCUT2D eigenvalue weighted by Crippen LogP contribution is 2.45. The third-order valence-corrected chi connectivity index (χ3v) is 10.0. The number of carbonyl (C=O) groups is 3. The van der Waals surface area contributed by atoms with Gasteiger partial charge in [0.05, 0.1) is 41.5 Å². The molecule has 2 saturated carbocycles. The number of nitrogens with two attached hydrogens (primary N) is 2. The molecule has 0 bridgehead atoms. The van der Waals surface area contributed by atoms with Crippen molar-refractivity contribution in [3.8, 4) is 11.1 Å². The van der Waals surface area contributed by atoms with E-state index in [1.165, 1.54) is 21.9 Å². The number of nitrogens with one attached hydrogen (secondary N) is 3. The molecule has 2 aliphatic heterocycles. The topological polar surface area (TPSA) is 220 Å². The molecule has 4 heterocycles. The number of carbonyl (C=O) groups excluding carboxylic acids is 3. The molecule has 0 atom stereocenters. The first-order valence-electron chi connectivity index (χ1n) is 17.5. The van der Waals surface area contributed by atoms with Crippen LogP contribution >= 0.6 is 0 Å². The zero-order valence-corrected chi connectivity index (χ0v) is 29.5. The highest BCUT2D eigenvalue weighted by Gasteiger charge is 2.46. The Bertz CT molecular complexity index is 1970. The van der Waals surface area contributed by atoms with E-state index in [0.717, 1.165) is 48.2 Å². The maximum absolute atomic E-state index is 13.0. The van der Waals surface area contributed by atoms with Gasteiger partial charge in [-0.1, -0.05) is 18.2 Å². The molecule has 4 aliphatic rings. The highest BCUT2D eigenvalue weighted by molar-refractivity contribution is 5.96. The first kappa shape index (κ1) is 35.0. The molecule has 2 aliphatic carbocycles. The third kappa shape index (κ3) is 6.79. The van der Waals surface area contributed by atoms with Gasteiger partial charge in [0, 0.05) is 62.9 Å². The molecular weight excluding hydrogens is 666 g/mol. The average molecular weight is 712 g/mol. The zero-order valence-electron chi connectivity index (χ0n) is 29.5. The summed E-state index contributed by atoms with van der Waals surface area (Å²) in [5.74, 6) is -3.24. The molecule has 16 nitrogen and oxygen atoms in total. The average Bonchev–Trinajstić information content (AvgIpc) is 4.05. The van der Waals surface area contributed by atoms with Gasteiger partial charge in [-0.2, -0.15) is 5.10 Å². The van der Waals surface area contributed by atoms with Crippen LogP contribution in [0.2, 0.25) is 0 Å². The van der Waals surface area contributed by atoms with Crippen LogP contribution in [-0.4, -0.2) is 92.3 Å². The molecule has 3 fully saturated rings. The number of para-hydroxylation sites is 1. The summed E-state index contributed by atoms with van der Waals surface area (Å²) in [6.07, 6.45) is 6.72. The minimum atomic E-state index is -2.38. The molecule has 2 aromatic heterocycles. The molecule has 0 radical (unpaired) electrons. The molecule has 52 heavy (non-hydrogen) atoms. The number of aliphatic hydroxyl groups is 2. The standard InChI is InChI=1S/C36H45N11O5/c1-4-44(2)35(50)26-9-6-10-29(42-26)36(51,52)46-17-22(18-46)47-28-19-45(3)32-23(24(28)16-39-47)7-5-8-25(32)41-27(31(38)34(49)40-21-13-14-21)15-30(37)43-33(48)20-11-12-20/h5-10,15-16,20-22,41,51-52H,4,11-14,17-19,37-38H2,1-3H3,(H,40,49)(H,43,48)/b30-15+,31-27+. The highest BCUT2D eigenvalue weighted by atomic mass is 16.5. The van der Waals surface area contributed by atoms with Crippen molar-refractivity contribution in [2.24, 2.45) is 17.4 Å². The molecule has 3 amide bonds. The molecule has 0 spiro atoms. The van der Waals surface area contributed by atoms with Crippen LogP contribution in [0.3, 0.4) is 0 Å². The Morgan fingerprint density at radius 2 is 1.79 bits per heavy atom. The van der Waals surface area contributed by atoms with E-state index in [4.69, 9.17) is 16.6 Å². The Kier molecular flexibility index (Phi) is 9.14. The number of aromatic nitrogens is 3. The smallest absolute Gasteiger partial charge is 0.272 e. The van der Waals surface area contributed by atoms with E-state index in [1.807, 2.05) is 36.9 Å². The van der Waals surface area contributed by atoms with Crippen LogP contribution < -0.4 is 32.3 Å². The Morgan fingerprint density at radius 3 is 2.48 bits per heavy atom. The number of pyridine rings is 1. The number of rotatable bonds is 12. The van der Waals surface area contributed by atoms with Gasteiger partial charge in [0.2, 0.25) is 5.91 Å². The van der Waals surface area contributed by atoms with Crippen molar-refractivity contribution in [2.75, 3.05) is 43.9 Å². The number of benzene rings is 1. The van der Waals surface area contributed by atoms with Crippen molar-refractivity contribution in [2.45, 2.75) is 57.1 Å². The first-order chi connectivity index (χ1) is 24.8. The molecule has 16 heteroatoms. The summed E-state index contributed by atoms with van der Waals surface area (Å²) < 4.78 is 1.92. The molecule has 0 unspecified atom stereocenters. The van der Waals surface area contributed by atoms with Crippen molar-refractivity contribution < 1.29 is 24.6 Å². The van der Waals surface area contributed by atoms with Crippen molar-refractivity contribution >= 4 is 29.1 Å². The number of nitrogens with zero attached hydrogens (tertiary/aromatic N) is 6. The third-order valence-electron chi connectivity index (χ3n) is 10.0. The van der Waals surface area contributed by atoms with E-state index >= 15 is 0 Å². The van der Waals surface area contributed by atoms with E-state index in [2.05, 4.69) is 25.8 Å². The summed E-state index contributed by atoms with van der Waals surface area (Å²) in [6, 6.07) is 10.3. The van der Waals surface area contributed by atoms with E-state index in [0.29, 0.717) is 18.8 Å². The van der Waals surface area contributed by atoms with Crippen LogP contribution in [-0.2, 0) is 22.0 Å². The van der Waals surface area contributed by atoms with Crippen molar-refractivity contribution in [3.63, 3.8) is 0 Å². The van der Waals surface area contributed by atoms with E-state index in [9.17, 15) is 24.6 Å². The van der Waals surface area contributed by atoms with Gasteiger partial charge in [-0.25, -0.2) is 9.88 Å². The van der Waals surface area contributed by atoms with Gasteiger partial charge in [-0.05, 0) is 50.8 Å². The summed E-state index contributed by atoms with van der Waals surface area (Å²) in [4.78, 5) is 47.4. The molecule has 1 saturated heterocycles. The number of amides is 3. The van der Waals surface area contributed by atoms with E-state index in [1.54, 1.807) is 25.4 Å². The lowest BCUT2D eigenvalue weighted by molar-refractivity contribution is -0.302. The maximum atomic E-state index is 13.0. The summed E-state index contributed by atoms with van der Waals surface area (Å²) in [6.45, 7) is 3.41. The van der Waals surface area contributed by atoms with Crippen LogP contribution in [0.15, 0.2) is 65.9 Å². The lowest BCUT2D eigenvalue weighted by Crippen LogP contribution is -2.59. The Balaban J connectivity index is 1.11. The number of likely N-dealkylation sites (tertiary alicyclic amines) is 1. The first-order valence-corrected chi connectivity index (χ1v) is 17.5. The normalized spacial score (nSPS) is 18.1. The number of anilines is 2. The predicted molar refractivity (Wildman–Crippen MR) is 193 cm³/mol. The molecule has 3 aromatic rings. The Labute approximate surface area is 301 Å². The molecule has 274 valence electrons. The maximum Gasteiger partial charge on any atom is 0.272 e. The molecule has 1 aromatic carbocycles. The largest absolute Gasteiger partial charge is 0.393 e. The number of allylic oxidation sites excluding steroid dienone is 1. The van der Waals surface area contributed by atoms with Gasteiger partial charge in [0.15, 0.2) is 0 Å². The van der Waals surface area contributed by atoms with Gasteiger partial charge in [-0.15, -0.1) is 0 Å². The van der Waals surface area contributed by atoms with Crippen LogP contribution in [0.5, 0.6) is 0 Å². The fourth-order valence-electron chi connectivity index (χ4n) is 6.49. The summed E-state index contributed by atoms with van der Waals surface area (Å²) in [7, 11) is 3.61. The quantitative estimate of drug-likeness (QED) is 0.0789. The van der Waals surface area contributed by atoms with Gasteiger partial charge in [0.25, 0.3) is 17.7 Å². The fraction of sp³-hybridized carbons (Fsp3) is 0.417. The minimum absolute atomic E-state index is 0.0292. The van der Waals surface area contributed by atoms with Gasteiger partial charge >= 0.3 is 0 Å². The lowest BCUT2D eigenvalue weighted by Gasteiger charge is -2.46. The number of hydrogen-bond donors (Lipinski definition) is 7. The molecular formula is C36H45N11O5. The van der Waals surface area contributed by atoms with Crippen molar-refractivity contribution in [1.29, 1.82) is 0 Å². The van der Waals surface area contributed by atoms with E-state index in [-0.39, 0.29) is 71.5 Å².